The molecule has 1 aromatic carbocycles. The first-order valence-electron chi connectivity index (χ1n) is 6.25. The van der Waals surface area contributed by atoms with Crippen LogP contribution < -0.4 is 14.2 Å². The molecule has 4 heteroatoms. The quantitative estimate of drug-likeness (QED) is 0.911. The van der Waals surface area contributed by atoms with Gasteiger partial charge in [-0.15, -0.1) is 0 Å². The van der Waals surface area contributed by atoms with Gasteiger partial charge in [-0.3, -0.25) is 0 Å². The molecule has 0 aliphatic rings. The molecule has 108 valence electrons. The van der Waals surface area contributed by atoms with Gasteiger partial charge in [-0.1, -0.05) is 20.8 Å². The Bertz CT molecular complexity index is 446. The summed E-state index contributed by atoms with van der Waals surface area (Å²) in [6, 6.07) is 1.85. The van der Waals surface area contributed by atoms with Crippen molar-refractivity contribution < 1.29 is 19.3 Å². The van der Waals surface area contributed by atoms with Crippen LogP contribution in [0.1, 0.15) is 38.0 Å². The number of aliphatic hydroxyl groups excluding tert-OH is 1. The maximum absolute atomic E-state index is 10.6. The van der Waals surface area contributed by atoms with Gasteiger partial charge >= 0.3 is 0 Å². The van der Waals surface area contributed by atoms with Gasteiger partial charge in [0.25, 0.3) is 0 Å². The molecule has 1 N–H and O–H groups in total. The van der Waals surface area contributed by atoms with Gasteiger partial charge in [0.05, 0.1) is 27.4 Å². The highest BCUT2D eigenvalue weighted by atomic mass is 16.5. The largest absolute Gasteiger partial charge is 0.493 e. The number of hydrogen-bond donors (Lipinski definition) is 1. The first-order valence-corrected chi connectivity index (χ1v) is 6.25. The predicted octanol–water partition coefficient (Wildman–Crippen LogP) is 3.10. The van der Waals surface area contributed by atoms with E-state index in [1.807, 2.05) is 33.8 Å². The Morgan fingerprint density at radius 1 is 1.00 bits per heavy atom. The van der Waals surface area contributed by atoms with Gasteiger partial charge in [0, 0.05) is 5.56 Å². The normalized spacial score (nSPS) is 13.1. The highest BCUT2D eigenvalue weighted by Crippen LogP contribution is 2.47. The van der Waals surface area contributed by atoms with Gasteiger partial charge in [-0.2, -0.15) is 0 Å². The molecule has 0 aliphatic heterocycles. The van der Waals surface area contributed by atoms with E-state index in [0.717, 1.165) is 11.1 Å². The van der Waals surface area contributed by atoms with E-state index in [-0.39, 0.29) is 5.41 Å². The summed E-state index contributed by atoms with van der Waals surface area (Å²) in [6.45, 7) is 7.86. The maximum atomic E-state index is 10.6. The molecule has 4 nitrogen and oxygen atoms in total. The fourth-order valence-electron chi connectivity index (χ4n) is 2.07. The number of aliphatic hydroxyl groups is 1. The minimum Gasteiger partial charge on any atom is -0.493 e. The van der Waals surface area contributed by atoms with Crippen LogP contribution in [0.5, 0.6) is 17.2 Å². The van der Waals surface area contributed by atoms with Gasteiger partial charge in [0.1, 0.15) is 0 Å². The average Bonchev–Trinajstić information content (AvgIpc) is 2.35. The zero-order valence-electron chi connectivity index (χ0n) is 12.8. The van der Waals surface area contributed by atoms with Crippen molar-refractivity contribution in [3.05, 3.63) is 17.2 Å². The van der Waals surface area contributed by atoms with E-state index in [2.05, 4.69) is 0 Å². The molecule has 0 aliphatic carbocycles. The van der Waals surface area contributed by atoms with E-state index in [1.165, 1.54) is 0 Å². The van der Waals surface area contributed by atoms with Crippen molar-refractivity contribution in [1.29, 1.82) is 0 Å². The topological polar surface area (TPSA) is 47.9 Å². The maximum Gasteiger partial charge on any atom is 0.203 e. The van der Waals surface area contributed by atoms with Crippen LogP contribution in [0.25, 0.3) is 0 Å². The van der Waals surface area contributed by atoms with Crippen molar-refractivity contribution >= 4 is 0 Å². The highest BCUT2D eigenvalue weighted by molar-refractivity contribution is 5.59. The van der Waals surface area contributed by atoms with Crippen LogP contribution >= 0.6 is 0 Å². The molecule has 0 saturated carbocycles. The van der Waals surface area contributed by atoms with Crippen molar-refractivity contribution in [2.24, 2.45) is 5.41 Å². The van der Waals surface area contributed by atoms with Crippen molar-refractivity contribution in [1.82, 2.24) is 0 Å². The van der Waals surface area contributed by atoms with Crippen LogP contribution in [-0.4, -0.2) is 26.4 Å². The summed E-state index contributed by atoms with van der Waals surface area (Å²) in [5, 5.41) is 10.6. The molecule has 0 saturated heterocycles. The van der Waals surface area contributed by atoms with Gasteiger partial charge in [-0.05, 0) is 24.0 Å². The lowest BCUT2D eigenvalue weighted by Crippen LogP contribution is -2.20. The molecule has 0 heterocycles. The van der Waals surface area contributed by atoms with E-state index in [4.69, 9.17) is 14.2 Å². The smallest absolute Gasteiger partial charge is 0.203 e. The first-order chi connectivity index (χ1) is 8.77. The van der Waals surface area contributed by atoms with Crippen molar-refractivity contribution in [2.75, 3.05) is 21.3 Å². The van der Waals surface area contributed by atoms with Gasteiger partial charge in [-0.25, -0.2) is 0 Å². The second-order valence-corrected chi connectivity index (χ2v) is 5.64. The Hall–Kier alpha value is -1.42. The van der Waals surface area contributed by atoms with Crippen molar-refractivity contribution in [3.63, 3.8) is 0 Å². The molecule has 0 aromatic heterocycles. The molecular weight excluding hydrogens is 244 g/mol. The third-order valence-electron chi connectivity index (χ3n) is 3.17. The monoisotopic (exact) mass is 268 g/mol. The van der Waals surface area contributed by atoms with Crippen molar-refractivity contribution in [3.8, 4) is 17.2 Å². The Kier molecular flexibility index (Phi) is 4.69. The second-order valence-electron chi connectivity index (χ2n) is 5.64. The summed E-state index contributed by atoms with van der Waals surface area (Å²) in [6.07, 6.45) is -0.651. The molecule has 0 bridgehead atoms. The molecule has 0 fully saturated rings. The third-order valence-corrected chi connectivity index (χ3v) is 3.17. The summed E-state index contributed by atoms with van der Waals surface area (Å²) in [7, 11) is 4.70. The second kappa shape index (κ2) is 5.70. The average molecular weight is 268 g/mol. The standard InChI is InChI=1S/C15H24O4/c1-9-8-10(17-5)12(18-6)13(19-7)11(9)14(16)15(2,3)4/h8,14,16H,1-7H3. The fraction of sp³-hybridized carbons (Fsp3) is 0.600. The first kappa shape index (κ1) is 15.6. The van der Waals surface area contributed by atoms with E-state index in [9.17, 15) is 5.11 Å². The summed E-state index contributed by atoms with van der Waals surface area (Å²) in [4.78, 5) is 0. The minimum atomic E-state index is -0.651. The Morgan fingerprint density at radius 3 is 1.89 bits per heavy atom. The van der Waals surface area contributed by atoms with Gasteiger partial charge in [0.2, 0.25) is 5.75 Å². The van der Waals surface area contributed by atoms with E-state index in [1.54, 1.807) is 21.3 Å². The van der Waals surface area contributed by atoms with Crippen LogP contribution in [-0.2, 0) is 0 Å². The van der Waals surface area contributed by atoms with Crippen molar-refractivity contribution in [2.45, 2.75) is 33.8 Å². The lowest BCUT2D eigenvalue weighted by molar-refractivity contribution is 0.0594. The molecule has 19 heavy (non-hydrogen) atoms. The lowest BCUT2D eigenvalue weighted by Gasteiger charge is -2.29. The van der Waals surface area contributed by atoms with Crippen LogP contribution in [0.15, 0.2) is 6.07 Å². The Balaban J connectivity index is 3.55. The number of ether oxygens (including phenoxy) is 3. The molecule has 1 rings (SSSR count). The van der Waals surface area contributed by atoms with Crippen LogP contribution in [0.3, 0.4) is 0 Å². The van der Waals surface area contributed by atoms with Crippen LogP contribution in [0, 0.1) is 12.3 Å². The summed E-state index contributed by atoms with van der Waals surface area (Å²) in [5.41, 5.74) is 1.36. The Morgan fingerprint density at radius 2 is 1.53 bits per heavy atom. The zero-order chi connectivity index (χ0) is 14.8. The van der Waals surface area contributed by atoms with E-state index >= 15 is 0 Å². The molecule has 1 unspecified atom stereocenters. The number of hydrogen-bond acceptors (Lipinski definition) is 4. The third kappa shape index (κ3) is 2.95. The number of aryl methyl sites for hydroxylation is 1. The molecule has 0 spiro atoms. The van der Waals surface area contributed by atoms with E-state index < -0.39 is 6.10 Å². The van der Waals surface area contributed by atoms with Crippen LogP contribution in [0.2, 0.25) is 0 Å². The summed E-state index contributed by atoms with van der Waals surface area (Å²) >= 11 is 0. The lowest BCUT2D eigenvalue weighted by atomic mass is 9.82. The number of rotatable bonds is 4. The molecule has 0 radical (unpaired) electrons. The fourth-order valence-corrected chi connectivity index (χ4v) is 2.07. The van der Waals surface area contributed by atoms with Crippen LogP contribution in [0.4, 0.5) is 0 Å². The SMILES string of the molecule is COc1cc(C)c(C(O)C(C)(C)C)c(OC)c1OC. The molecule has 1 aromatic rings. The molecule has 0 amide bonds. The predicted molar refractivity (Wildman–Crippen MR) is 75.2 cm³/mol. The number of methoxy groups -OCH3 is 3. The van der Waals surface area contributed by atoms with Gasteiger partial charge in [0.15, 0.2) is 11.5 Å². The minimum absolute atomic E-state index is 0.294. The summed E-state index contributed by atoms with van der Waals surface area (Å²) < 4.78 is 16.1. The zero-order valence-corrected chi connectivity index (χ0v) is 12.8. The molecular formula is C15H24O4. The van der Waals surface area contributed by atoms with E-state index in [0.29, 0.717) is 17.2 Å². The summed E-state index contributed by atoms with van der Waals surface area (Å²) in [5.74, 6) is 1.64. The van der Waals surface area contributed by atoms with Gasteiger partial charge < -0.3 is 19.3 Å². The number of benzene rings is 1. The molecule has 1 atom stereocenters. The Labute approximate surface area is 115 Å². The highest BCUT2D eigenvalue weighted by Gasteiger charge is 2.31.